The fraction of sp³-hybridized carbons (Fsp3) is 0.161. The quantitative estimate of drug-likeness (QED) is 0.142. The van der Waals surface area contributed by atoms with E-state index in [-0.39, 0.29) is 28.6 Å². The van der Waals surface area contributed by atoms with Crippen LogP contribution in [0.5, 0.6) is 11.5 Å². The fourth-order valence-electron chi connectivity index (χ4n) is 4.13. The minimum Gasteiger partial charge on any atom is -0.475 e. The molecular formula is C31H22ClF8N5O4. The molecule has 0 spiro atoms. The van der Waals surface area contributed by atoms with Crippen LogP contribution in [0, 0.1) is 11.6 Å². The lowest BCUT2D eigenvalue weighted by molar-refractivity contribution is -0.192. The number of rotatable bonds is 7. The Bertz CT molecular complexity index is 1890. The van der Waals surface area contributed by atoms with Gasteiger partial charge in [0, 0.05) is 36.0 Å². The molecule has 1 amide bonds. The van der Waals surface area contributed by atoms with E-state index >= 15 is 0 Å². The Balaban J connectivity index is 0.000000698. The van der Waals surface area contributed by atoms with Crippen LogP contribution in [-0.2, 0) is 22.3 Å². The van der Waals surface area contributed by atoms with Crippen molar-refractivity contribution in [1.29, 1.82) is 0 Å². The molecule has 4 N–H and O–H groups in total. The average molecular weight is 716 g/mol. The van der Waals surface area contributed by atoms with Gasteiger partial charge in [0.25, 0.3) is 0 Å². The second kappa shape index (κ2) is 15.2. The van der Waals surface area contributed by atoms with Gasteiger partial charge in [-0.1, -0.05) is 23.7 Å². The number of benzene rings is 3. The second-order valence-corrected chi connectivity index (χ2v) is 10.4. The lowest BCUT2D eigenvalue weighted by atomic mass is 10.1. The lowest BCUT2D eigenvalue weighted by Gasteiger charge is -2.14. The molecule has 0 saturated heterocycles. The first-order valence-corrected chi connectivity index (χ1v) is 14.1. The highest BCUT2D eigenvalue weighted by Crippen LogP contribution is 2.36. The number of ether oxygens (including phenoxy) is 1. The standard InChI is InChI=1S/C29H21ClF5N5O2.C2HF3O2/c30-23-13-20(6-7-25(23)42-21-3-1-2-18(11-21)29(33,34)35)40-27-22-10-16(8-9-36-26(22)38-15-39-27)28(41)37-14-17-4-5-19(31)12-24(17)32;3-2(4,5)1(6)7/h1-7,10-13,15H,8-9,14H2,(H,37,41)(H2,36,38,39,40);(H,6,7). The highest BCUT2D eigenvalue weighted by Gasteiger charge is 2.38. The largest absolute Gasteiger partial charge is 0.490 e. The molecule has 4 aromatic rings. The molecule has 2 heterocycles. The van der Waals surface area contributed by atoms with Crippen molar-refractivity contribution in [3.63, 3.8) is 0 Å². The number of nitrogens with one attached hydrogen (secondary N) is 3. The SMILES string of the molecule is O=C(NCc1ccc(F)cc1F)C1=Cc2c(ncnc2Nc2ccc(Oc3cccc(C(F)(F)F)c3)c(Cl)c2)NCC1.O=C(O)C(F)(F)F. The number of hydrogen-bond donors (Lipinski definition) is 4. The zero-order valence-electron chi connectivity index (χ0n) is 24.5. The van der Waals surface area contributed by atoms with E-state index in [1.165, 1.54) is 36.7 Å². The Morgan fingerprint density at radius 3 is 2.37 bits per heavy atom. The summed E-state index contributed by atoms with van der Waals surface area (Å²) in [7, 11) is 0. The number of amides is 1. The zero-order valence-corrected chi connectivity index (χ0v) is 25.3. The molecule has 0 atom stereocenters. The van der Waals surface area contributed by atoms with Crippen molar-refractivity contribution in [1.82, 2.24) is 15.3 Å². The minimum atomic E-state index is -5.08. The number of nitrogens with zero attached hydrogens (tertiary/aromatic N) is 2. The van der Waals surface area contributed by atoms with Gasteiger partial charge in [-0.3, -0.25) is 4.79 Å². The van der Waals surface area contributed by atoms with E-state index in [1.54, 1.807) is 12.1 Å². The summed E-state index contributed by atoms with van der Waals surface area (Å²) in [6.07, 6.45) is -6.32. The Morgan fingerprint density at radius 1 is 0.980 bits per heavy atom. The Labute approximate surface area is 276 Å². The Kier molecular flexibility index (Phi) is 11.3. The van der Waals surface area contributed by atoms with E-state index in [0.29, 0.717) is 41.4 Å². The number of carbonyl (C=O) groups is 2. The molecule has 258 valence electrons. The van der Waals surface area contributed by atoms with E-state index in [0.717, 1.165) is 24.3 Å². The normalized spacial score (nSPS) is 12.6. The first kappa shape index (κ1) is 36.4. The van der Waals surface area contributed by atoms with Crippen LogP contribution in [0.1, 0.15) is 23.1 Å². The number of fused-ring (bicyclic) bond motifs is 1. The lowest BCUT2D eigenvalue weighted by Crippen LogP contribution is -2.25. The van der Waals surface area contributed by atoms with Crippen LogP contribution < -0.4 is 20.7 Å². The predicted octanol–water partition coefficient (Wildman–Crippen LogP) is 8.11. The molecule has 0 unspecified atom stereocenters. The molecule has 9 nitrogen and oxygen atoms in total. The summed E-state index contributed by atoms with van der Waals surface area (Å²) in [5.74, 6) is -3.76. The number of alkyl halides is 6. The van der Waals surface area contributed by atoms with Crippen LogP contribution in [0.4, 0.5) is 52.4 Å². The van der Waals surface area contributed by atoms with Gasteiger partial charge in [0.2, 0.25) is 5.91 Å². The van der Waals surface area contributed by atoms with E-state index in [4.69, 9.17) is 26.2 Å². The maximum absolute atomic E-state index is 14.0. The van der Waals surface area contributed by atoms with Crippen molar-refractivity contribution in [2.24, 2.45) is 0 Å². The summed E-state index contributed by atoms with van der Waals surface area (Å²) in [5.41, 5.74) is 0.627. The molecule has 3 aromatic carbocycles. The summed E-state index contributed by atoms with van der Waals surface area (Å²) in [5, 5.41) is 16.1. The van der Waals surface area contributed by atoms with Gasteiger partial charge in [0.15, 0.2) is 0 Å². The first-order valence-electron chi connectivity index (χ1n) is 13.7. The molecule has 0 bridgehead atoms. The topological polar surface area (TPSA) is 125 Å². The van der Waals surface area contributed by atoms with E-state index in [2.05, 4.69) is 25.9 Å². The first-order chi connectivity index (χ1) is 23.0. The molecule has 1 aromatic heterocycles. The van der Waals surface area contributed by atoms with Gasteiger partial charge in [0.05, 0.1) is 16.1 Å². The van der Waals surface area contributed by atoms with Crippen LogP contribution in [-0.4, -0.2) is 39.7 Å². The van der Waals surface area contributed by atoms with Crippen molar-refractivity contribution in [3.8, 4) is 11.5 Å². The number of halogens is 9. The summed E-state index contributed by atoms with van der Waals surface area (Å²) in [6.45, 7) is 0.257. The molecule has 49 heavy (non-hydrogen) atoms. The van der Waals surface area contributed by atoms with Crippen molar-refractivity contribution < 1.29 is 54.6 Å². The van der Waals surface area contributed by atoms with Crippen LogP contribution in [0.3, 0.4) is 0 Å². The molecule has 0 fully saturated rings. The zero-order chi connectivity index (χ0) is 35.9. The summed E-state index contributed by atoms with van der Waals surface area (Å²) >= 11 is 6.37. The van der Waals surface area contributed by atoms with Gasteiger partial charge in [-0.05, 0) is 55.0 Å². The Morgan fingerprint density at radius 2 is 1.71 bits per heavy atom. The monoisotopic (exact) mass is 715 g/mol. The van der Waals surface area contributed by atoms with Crippen LogP contribution >= 0.6 is 11.6 Å². The molecule has 1 aliphatic rings. The number of hydrogen-bond acceptors (Lipinski definition) is 7. The van der Waals surface area contributed by atoms with Gasteiger partial charge < -0.3 is 25.8 Å². The number of carbonyl (C=O) groups excluding carboxylic acids is 1. The van der Waals surface area contributed by atoms with E-state index in [1.807, 2.05) is 0 Å². The van der Waals surface area contributed by atoms with Crippen molar-refractivity contribution in [2.75, 3.05) is 17.2 Å². The molecule has 1 aliphatic heterocycles. The number of aromatic nitrogens is 2. The van der Waals surface area contributed by atoms with Crippen LogP contribution in [0.2, 0.25) is 5.02 Å². The molecule has 0 saturated carbocycles. The van der Waals surface area contributed by atoms with Crippen LogP contribution in [0.25, 0.3) is 6.08 Å². The van der Waals surface area contributed by atoms with E-state index < -0.39 is 41.4 Å². The molecule has 18 heteroatoms. The average Bonchev–Trinajstić information content (AvgIpc) is 3.25. The summed E-state index contributed by atoms with van der Waals surface area (Å²) < 4.78 is 104. The molecular weight excluding hydrogens is 694 g/mol. The van der Waals surface area contributed by atoms with Gasteiger partial charge >= 0.3 is 18.3 Å². The van der Waals surface area contributed by atoms with Gasteiger partial charge in [-0.25, -0.2) is 23.5 Å². The van der Waals surface area contributed by atoms with Gasteiger partial charge in [0.1, 0.15) is 41.1 Å². The van der Waals surface area contributed by atoms with Crippen molar-refractivity contribution in [2.45, 2.75) is 25.3 Å². The summed E-state index contributed by atoms with van der Waals surface area (Å²) in [4.78, 5) is 30.4. The second-order valence-electron chi connectivity index (χ2n) is 9.95. The third-order valence-electron chi connectivity index (χ3n) is 6.46. The molecule has 0 aliphatic carbocycles. The number of anilines is 3. The van der Waals surface area contributed by atoms with Gasteiger partial charge in [-0.15, -0.1) is 0 Å². The Hall–Kier alpha value is -5.45. The van der Waals surface area contributed by atoms with E-state index in [9.17, 15) is 39.9 Å². The van der Waals surface area contributed by atoms with Crippen LogP contribution in [0.15, 0.2) is 72.6 Å². The van der Waals surface area contributed by atoms with Crippen molar-refractivity contribution >= 4 is 46.9 Å². The number of carboxylic acids is 1. The fourth-order valence-corrected chi connectivity index (χ4v) is 4.35. The third-order valence-corrected chi connectivity index (χ3v) is 6.76. The van der Waals surface area contributed by atoms with Gasteiger partial charge in [-0.2, -0.15) is 26.3 Å². The maximum Gasteiger partial charge on any atom is 0.490 e. The smallest absolute Gasteiger partial charge is 0.475 e. The van der Waals surface area contributed by atoms with Crippen molar-refractivity contribution in [3.05, 3.63) is 106 Å². The summed E-state index contributed by atoms with van der Waals surface area (Å²) in [6, 6.07) is 12.2. The predicted molar refractivity (Wildman–Crippen MR) is 161 cm³/mol. The highest BCUT2D eigenvalue weighted by atomic mass is 35.5. The maximum atomic E-state index is 14.0. The number of carboxylic acid groups (broad SMARTS) is 1. The minimum absolute atomic E-state index is 0.0299. The highest BCUT2D eigenvalue weighted by molar-refractivity contribution is 6.32. The molecule has 5 rings (SSSR count). The number of aliphatic carboxylic acids is 1. The molecule has 0 radical (unpaired) electrons. The third kappa shape index (κ3) is 10.0.